The Hall–Kier alpha value is -2.40. The van der Waals surface area contributed by atoms with Gasteiger partial charge in [-0.25, -0.2) is 0 Å². The fraction of sp³-hybridized carbons (Fsp3) is 0.176. The summed E-state index contributed by atoms with van der Waals surface area (Å²) in [6, 6.07) is 16.2. The molecule has 0 heterocycles. The fourth-order valence-corrected chi connectivity index (χ4v) is 1.94. The highest BCUT2D eigenvalue weighted by atomic mass is 32.1. The van der Waals surface area contributed by atoms with Crippen molar-refractivity contribution in [2.24, 2.45) is 0 Å². The molecule has 2 aromatic carbocycles. The van der Waals surface area contributed by atoms with Crippen LogP contribution in [-0.2, 0) is 6.61 Å². The second-order valence-electron chi connectivity index (χ2n) is 4.84. The molecule has 0 saturated carbocycles. The predicted molar refractivity (Wildman–Crippen MR) is 92.9 cm³/mol. The summed E-state index contributed by atoms with van der Waals surface area (Å²) in [5.41, 5.74) is 6.26. The van der Waals surface area contributed by atoms with E-state index in [9.17, 15) is 0 Å². The largest absolute Gasteiger partial charge is 0.489 e. The Bertz CT molecular complexity index is 653. The summed E-state index contributed by atoms with van der Waals surface area (Å²) in [4.78, 5) is 0. The van der Waals surface area contributed by atoms with Gasteiger partial charge in [0.05, 0.1) is 0 Å². The minimum atomic E-state index is 0.536. The topological polar surface area (TPSA) is 47.3 Å². The van der Waals surface area contributed by atoms with Crippen molar-refractivity contribution >= 4 is 23.5 Å². The Morgan fingerprint density at radius 3 is 2.68 bits per heavy atom. The van der Waals surface area contributed by atoms with E-state index in [1.54, 1.807) is 7.05 Å². The van der Waals surface area contributed by atoms with Gasteiger partial charge in [-0.15, -0.1) is 10.5 Å². The lowest BCUT2D eigenvalue weighted by Gasteiger charge is -2.06. The van der Waals surface area contributed by atoms with Crippen LogP contribution in [0.1, 0.15) is 16.7 Å². The van der Waals surface area contributed by atoms with E-state index >= 15 is 0 Å². The summed E-state index contributed by atoms with van der Waals surface area (Å²) in [5.74, 6) is 0.845. The van der Waals surface area contributed by atoms with Gasteiger partial charge in [0.2, 0.25) is 5.11 Å². The first kappa shape index (κ1) is 16.0. The molecule has 0 aliphatic heterocycles. The molecule has 0 spiro atoms. The van der Waals surface area contributed by atoms with Crippen LogP contribution < -0.4 is 20.6 Å². The van der Waals surface area contributed by atoms with Crippen molar-refractivity contribution in [2.75, 3.05) is 7.05 Å². The summed E-state index contributed by atoms with van der Waals surface area (Å²) in [6.45, 7) is 2.65. The van der Waals surface area contributed by atoms with Crippen LogP contribution in [0.2, 0.25) is 0 Å². The van der Waals surface area contributed by atoms with Crippen molar-refractivity contribution < 1.29 is 9.84 Å². The Morgan fingerprint density at radius 2 is 2.00 bits per heavy atom. The number of aryl methyl sites for hydroxylation is 1. The van der Waals surface area contributed by atoms with Gasteiger partial charge >= 0.3 is 0 Å². The number of hydrogen-bond donors (Lipinski definition) is 3. The molecule has 0 bridgehead atoms. The molecule has 3 N–H and O–H groups in total. The van der Waals surface area contributed by atoms with E-state index in [4.69, 9.17) is 17.0 Å². The van der Waals surface area contributed by atoms with E-state index in [-0.39, 0.29) is 0 Å². The standard InChI is InChI=1S/C17H19N3OS/c1-13-4-3-5-15(10-13)12-21-16-8-6-14(7-9-16)11-19-20-17(22)18-2/h3-11H,12H2,1-2H3,(H2,18,20,22)/p+1. The number of thiocarbonyl (C=S) groups is 1. The highest BCUT2D eigenvalue weighted by molar-refractivity contribution is 7.80. The van der Waals surface area contributed by atoms with Gasteiger partial charge in [-0.3, -0.25) is 0 Å². The van der Waals surface area contributed by atoms with Crippen molar-refractivity contribution in [2.45, 2.75) is 13.5 Å². The van der Waals surface area contributed by atoms with Crippen molar-refractivity contribution in [3.8, 4) is 5.75 Å². The normalized spacial score (nSPS) is 10.5. The second kappa shape index (κ2) is 8.14. The molecule has 0 unspecified atom stereocenters. The summed E-state index contributed by atoms with van der Waals surface area (Å²) in [5, 5.41) is 6.27. The van der Waals surface area contributed by atoms with Gasteiger partial charge in [0.1, 0.15) is 12.4 Å². The van der Waals surface area contributed by atoms with E-state index < -0.39 is 0 Å². The van der Waals surface area contributed by atoms with E-state index in [1.165, 1.54) is 11.1 Å². The van der Waals surface area contributed by atoms with Gasteiger partial charge in [0.15, 0.2) is 6.21 Å². The van der Waals surface area contributed by atoms with Gasteiger partial charge in [-0.05, 0) is 49.0 Å². The van der Waals surface area contributed by atoms with Crippen LogP contribution >= 0.6 is 12.2 Å². The molecular weight excluding hydrogens is 294 g/mol. The molecule has 0 aliphatic carbocycles. The first-order valence-electron chi connectivity index (χ1n) is 7.02. The number of rotatable bonds is 5. The monoisotopic (exact) mass is 314 g/mol. The minimum Gasteiger partial charge on any atom is -0.489 e. The van der Waals surface area contributed by atoms with Crippen LogP contribution in [-0.4, -0.2) is 18.4 Å². The number of hydrazine groups is 1. The maximum absolute atomic E-state index is 5.78. The SMILES string of the molecule is CNC(=S)N[NH+]=Cc1ccc(OCc2cccc(C)c2)cc1. The van der Waals surface area contributed by atoms with Gasteiger partial charge < -0.3 is 10.1 Å². The first-order chi connectivity index (χ1) is 10.7. The minimum absolute atomic E-state index is 0.536. The Kier molecular flexibility index (Phi) is 5.91. The smallest absolute Gasteiger partial charge is 0.223 e. The zero-order chi connectivity index (χ0) is 15.8. The Balaban J connectivity index is 1.87. The second-order valence-corrected chi connectivity index (χ2v) is 5.25. The summed E-state index contributed by atoms with van der Waals surface area (Å²) < 4.78 is 5.78. The predicted octanol–water partition coefficient (Wildman–Crippen LogP) is 1.08. The summed E-state index contributed by atoms with van der Waals surface area (Å²) >= 11 is 4.96. The average molecular weight is 314 g/mol. The molecule has 114 valence electrons. The van der Waals surface area contributed by atoms with Crippen LogP contribution in [0.5, 0.6) is 5.75 Å². The molecule has 2 aromatic rings. The summed E-state index contributed by atoms with van der Waals surface area (Å²) in [7, 11) is 1.76. The zero-order valence-corrected chi connectivity index (χ0v) is 13.5. The van der Waals surface area contributed by atoms with E-state index in [0.29, 0.717) is 11.7 Å². The molecule has 0 amide bonds. The molecule has 5 heteroatoms. The van der Waals surface area contributed by atoms with Crippen LogP contribution in [0.25, 0.3) is 0 Å². The van der Waals surface area contributed by atoms with Gasteiger partial charge in [-0.2, -0.15) is 0 Å². The number of benzene rings is 2. The lowest BCUT2D eigenvalue weighted by Crippen LogP contribution is -2.82. The third-order valence-corrected chi connectivity index (χ3v) is 3.33. The number of ether oxygens (including phenoxy) is 1. The van der Waals surface area contributed by atoms with Crippen LogP contribution in [0.4, 0.5) is 0 Å². The fourth-order valence-electron chi connectivity index (χ4n) is 1.88. The molecule has 0 radical (unpaired) electrons. The highest BCUT2D eigenvalue weighted by Crippen LogP contribution is 2.13. The van der Waals surface area contributed by atoms with Crippen molar-refractivity contribution in [3.05, 3.63) is 65.2 Å². The molecule has 0 saturated heterocycles. The Morgan fingerprint density at radius 1 is 1.23 bits per heavy atom. The molecule has 0 aliphatic rings. The number of hydrogen-bond acceptors (Lipinski definition) is 2. The lowest BCUT2D eigenvalue weighted by atomic mass is 10.1. The average Bonchev–Trinajstić information content (AvgIpc) is 2.54. The first-order valence-corrected chi connectivity index (χ1v) is 7.43. The van der Waals surface area contributed by atoms with Crippen molar-refractivity contribution in [3.63, 3.8) is 0 Å². The maximum Gasteiger partial charge on any atom is 0.223 e. The van der Waals surface area contributed by atoms with Crippen molar-refractivity contribution in [1.82, 2.24) is 10.7 Å². The lowest BCUT2D eigenvalue weighted by molar-refractivity contribution is -0.500. The molecule has 0 atom stereocenters. The van der Waals surface area contributed by atoms with E-state index in [2.05, 4.69) is 41.0 Å². The summed E-state index contributed by atoms with van der Waals surface area (Å²) in [6.07, 6.45) is 1.83. The zero-order valence-electron chi connectivity index (χ0n) is 12.7. The highest BCUT2D eigenvalue weighted by Gasteiger charge is 1.98. The Labute approximate surface area is 136 Å². The maximum atomic E-state index is 5.78. The van der Waals surface area contributed by atoms with E-state index in [1.807, 2.05) is 36.5 Å². The van der Waals surface area contributed by atoms with Crippen LogP contribution in [0.15, 0.2) is 48.5 Å². The number of nitrogens with one attached hydrogen (secondary N) is 3. The molecule has 22 heavy (non-hydrogen) atoms. The van der Waals surface area contributed by atoms with Crippen LogP contribution in [0.3, 0.4) is 0 Å². The van der Waals surface area contributed by atoms with Gasteiger partial charge in [0, 0.05) is 12.6 Å². The number of hydrazone groups is 1. The van der Waals surface area contributed by atoms with Gasteiger partial charge in [0.25, 0.3) is 0 Å². The third kappa shape index (κ3) is 5.18. The van der Waals surface area contributed by atoms with Crippen LogP contribution in [0, 0.1) is 6.92 Å². The van der Waals surface area contributed by atoms with Gasteiger partial charge in [-0.1, -0.05) is 29.8 Å². The molecular formula is C17H20N3OS+. The molecule has 4 nitrogen and oxygen atoms in total. The van der Waals surface area contributed by atoms with Crippen molar-refractivity contribution in [1.29, 1.82) is 0 Å². The quantitative estimate of drug-likeness (QED) is 0.439. The molecule has 0 fully saturated rings. The molecule has 0 aromatic heterocycles. The van der Waals surface area contributed by atoms with E-state index in [0.717, 1.165) is 11.3 Å². The third-order valence-electron chi connectivity index (χ3n) is 3.02. The molecule has 2 rings (SSSR count).